The van der Waals surface area contributed by atoms with Gasteiger partial charge in [0.1, 0.15) is 5.82 Å². The Bertz CT molecular complexity index is 442. The minimum Gasteiger partial charge on any atom is -0.329 e. The van der Waals surface area contributed by atoms with Gasteiger partial charge in [-0.25, -0.2) is 4.39 Å². The van der Waals surface area contributed by atoms with E-state index in [0.717, 1.165) is 18.5 Å². The summed E-state index contributed by atoms with van der Waals surface area (Å²) in [6.45, 7) is 8.38. The van der Waals surface area contributed by atoms with E-state index in [0.29, 0.717) is 18.5 Å². The molecule has 2 rings (SSSR count). The Morgan fingerprint density at radius 3 is 2.60 bits per heavy atom. The van der Waals surface area contributed by atoms with Crippen LogP contribution in [0.5, 0.6) is 0 Å². The molecule has 1 aliphatic rings. The second-order valence-electron chi connectivity index (χ2n) is 6.79. The fourth-order valence-corrected chi connectivity index (χ4v) is 2.97. The minimum atomic E-state index is -0.163. The van der Waals surface area contributed by atoms with Gasteiger partial charge in [-0.1, -0.05) is 26.0 Å². The van der Waals surface area contributed by atoms with Gasteiger partial charge in [-0.05, 0) is 49.8 Å². The van der Waals surface area contributed by atoms with E-state index in [9.17, 15) is 4.39 Å². The molecule has 3 heteroatoms. The quantitative estimate of drug-likeness (QED) is 0.830. The number of hydrogen-bond donors (Lipinski definition) is 1. The molecule has 0 radical (unpaired) electrons. The van der Waals surface area contributed by atoms with Crippen LogP contribution in [0.4, 0.5) is 4.39 Å². The van der Waals surface area contributed by atoms with Gasteiger partial charge in [0.2, 0.25) is 0 Å². The van der Waals surface area contributed by atoms with E-state index in [1.807, 2.05) is 6.07 Å². The zero-order chi connectivity index (χ0) is 14.8. The molecule has 1 unspecified atom stereocenters. The van der Waals surface area contributed by atoms with Crippen molar-refractivity contribution in [2.45, 2.75) is 51.6 Å². The number of halogens is 1. The van der Waals surface area contributed by atoms with Crippen LogP contribution in [-0.4, -0.2) is 29.6 Å². The first-order chi connectivity index (χ1) is 9.44. The second-order valence-corrected chi connectivity index (χ2v) is 6.79. The highest BCUT2D eigenvalue weighted by molar-refractivity contribution is 5.19. The highest BCUT2D eigenvalue weighted by atomic mass is 19.1. The van der Waals surface area contributed by atoms with Crippen LogP contribution >= 0.6 is 0 Å². The number of rotatable bonds is 7. The molecule has 1 aromatic carbocycles. The van der Waals surface area contributed by atoms with E-state index < -0.39 is 0 Å². The third-order valence-corrected chi connectivity index (χ3v) is 4.16. The molecule has 1 fully saturated rings. The van der Waals surface area contributed by atoms with Gasteiger partial charge in [0.25, 0.3) is 0 Å². The standard InChI is InChI=1S/C17H27FN2/c1-13(2)11-20(16-7-8-16)17(3,12-19)10-14-5-4-6-15(18)9-14/h4-6,9,13,16H,7-8,10-12,19H2,1-3H3. The normalized spacial score (nSPS) is 18.6. The molecule has 0 aromatic heterocycles. The van der Waals surface area contributed by atoms with Crippen molar-refractivity contribution in [1.82, 2.24) is 4.90 Å². The summed E-state index contributed by atoms with van der Waals surface area (Å²) in [5.41, 5.74) is 7.05. The maximum Gasteiger partial charge on any atom is 0.123 e. The summed E-state index contributed by atoms with van der Waals surface area (Å²) in [5, 5.41) is 0. The second kappa shape index (κ2) is 6.23. The first-order valence-electron chi connectivity index (χ1n) is 7.66. The van der Waals surface area contributed by atoms with Crippen LogP contribution in [0.25, 0.3) is 0 Å². The largest absolute Gasteiger partial charge is 0.329 e. The van der Waals surface area contributed by atoms with Crippen LogP contribution in [0.15, 0.2) is 24.3 Å². The molecule has 0 spiro atoms. The van der Waals surface area contributed by atoms with Crippen molar-refractivity contribution in [3.8, 4) is 0 Å². The molecule has 2 N–H and O–H groups in total. The molecular formula is C17H27FN2. The zero-order valence-electron chi connectivity index (χ0n) is 12.9. The fourth-order valence-electron chi connectivity index (χ4n) is 2.97. The minimum absolute atomic E-state index is 0.0841. The van der Waals surface area contributed by atoms with Crippen LogP contribution < -0.4 is 5.73 Å². The molecule has 112 valence electrons. The molecule has 0 aliphatic heterocycles. The summed E-state index contributed by atoms with van der Waals surface area (Å²) in [6, 6.07) is 7.58. The van der Waals surface area contributed by atoms with E-state index in [4.69, 9.17) is 5.73 Å². The third-order valence-electron chi connectivity index (χ3n) is 4.16. The van der Waals surface area contributed by atoms with E-state index >= 15 is 0 Å². The van der Waals surface area contributed by atoms with Crippen LogP contribution in [0.1, 0.15) is 39.2 Å². The number of nitrogens with zero attached hydrogens (tertiary/aromatic N) is 1. The van der Waals surface area contributed by atoms with Crippen molar-refractivity contribution in [1.29, 1.82) is 0 Å². The van der Waals surface area contributed by atoms with Crippen molar-refractivity contribution >= 4 is 0 Å². The first-order valence-corrected chi connectivity index (χ1v) is 7.66. The van der Waals surface area contributed by atoms with Crippen LogP contribution in [0, 0.1) is 11.7 Å². The maximum atomic E-state index is 13.4. The summed E-state index contributed by atoms with van der Waals surface area (Å²) in [5.74, 6) is 0.456. The molecule has 1 aliphatic carbocycles. The van der Waals surface area contributed by atoms with Gasteiger partial charge in [-0.3, -0.25) is 4.90 Å². The van der Waals surface area contributed by atoms with Gasteiger partial charge in [-0.15, -0.1) is 0 Å². The van der Waals surface area contributed by atoms with Gasteiger partial charge < -0.3 is 5.73 Å². The molecule has 0 heterocycles. The van der Waals surface area contributed by atoms with Gasteiger partial charge >= 0.3 is 0 Å². The van der Waals surface area contributed by atoms with Crippen LogP contribution in [0.2, 0.25) is 0 Å². The van der Waals surface area contributed by atoms with Gasteiger partial charge in [0.15, 0.2) is 0 Å². The van der Waals surface area contributed by atoms with Crippen molar-refractivity contribution in [2.24, 2.45) is 11.7 Å². The fraction of sp³-hybridized carbons (Fsp3) is 0.647. The summed E-state index contributed by atoms with van der Waals surface area (Å²) in [4.78, 5) is 2.56. The monoisotopic (exact) mass is 278 g/mol. The van der Waals surface area contributed by atoms with Crippen molar-refractivity contribution in [2.75, 3.05) is 13.1 Å². The highest BCUT2D eigenvalue weighted by Gasteiger charge is 2.40. The molecular weight excluding hydrogens is 251 g/mol. The zero-order valence-corrected chi connectivity index (χ0v) is 12.9. The van der Waals surface area contributed by atoms with Gasteiger partial charge in [0, 0.05) is 24.7 Å². The van der Waals surface area contributed by atoms with Crippen molar-refractivity contribution in [3.63, 3.8) is 0 Å². The Morgan fingerprint density at radius 1 is 1.40 bits per heavy atom. The molecule has 0 bridgehead atoms. The lowest BCUT2D eigenvalue weighted by Gasteiger charge is -2.42. The molecule has 20 heavy (non-hydrogen) atoms. The van der Waals surface area contributed by atoms with E-state index in [1.54, 1.807) is 12.1 Å². The van der Waals surface area contributed by atoms with E-state index in [2.05, 4.69) is 25.7 Å². The molecule has 1 saturated carbocycles. The molecule has 0 amide bonds. The third kappa shape index (κ3) is 3.80. The smallest absolute Gasteiger partial charge is 0.123 e. The topological polar surface area (TPSA) is 29.3 Å². The summed E-state index contributed by atoms with van der Waals surface area (Å²) in [7, 11) is 0. The summed E-state index contributed by atoms with van der Waals surface area (Å²) < 4.78 is 13.4. The number of hydrogen-bond acceptors (Lipinski definition) is 2. The van der Waals surface area contributed by atoms with Gasteiger partial charge in [0.05, 0.1) is 0 Å². The Kier molecular flexibility index (Phi) is 4.82. The van der Waals surface area contributed by atoms with E-state index in [1.165, 1.54) is 18.9 Å². The molecule has 1 aromatic rings. The average molecular weight is 278 g/mol. The lowest BCUT2D eigenvalue weighted by molar-refractivity contribution is 0.0862. The van der Waals surface area contributed by atoms with E-state index in [-0.39, 0.29) is 11.4 Å². The Labute approximate surface area is 122 Å². The van der Waals surface area contributed by atoms with Crippen LogP contribution in [0.3, 0.4) is 0 Å². The first kappa shape index (κ1) is 15.5. The lowest BCUT2D eigenvalue weighted by atomic mass is 9.89. The predicted molar refractivity (Wildman–Crippen MR) is 82.1 cm³/mol. The predicted octanol–water partition coefficient (Wildman–Crippen LogP) is 3.21. The van der Waals surface area contributed by atoms with Crippen LogP contribution in [-0.2, 0) is 6.42 Å². The van der Waals surface area contributed by atoms with Crippen molar-refractivity contribution in [3.05, 3.63) is 35.6 Å². The summed E-state index contributed by atoms with van der Waals surface area (Å²) in [6.07, 6.45) is 3.35. The molecule has 2 nitrogen and oxygen atoms in total. The lowest BCUT2D eigenvalue weighted by Crippen LogP contribution is -2.55. The van der Waals surface area contributed by atoms with Gasteiger partial charge in [-0.2, -0.15) is 0 Å². The Hall–Kier alpha value is -0.930. The average Bonchev–Trinajstić information content (AvgIpc) is 3.19. The van der Waals surface area contributed by atoms with Crippen molar-refractivity contribution < 1.29 is 4.39 Å². The summed E-state index contributed by atoms with van der Waals surface area (Å²) >= 11 is 0. The highest BCUT2D eigenvalue weighted by Crippen LogP contribution is 2.35. The maximum absolute atomic E-state index is 13.4. The number of benzene rings is 1. The number of nitrogens with two attached hydrogens (primary N) is 1. The molecule has 0 saturated heterocycles. The Balaban J connectivity index is 2.17. The SMILES string of the molecule is CC(C)CN(C1CC1)C(C)(CN)Cc1cccc(F)c1. The Morgan fingerprint density at radius 2 is 2.10 bits per heavy atom. The molecule has 1 atom stereocenters.